The number of alkyl halides is 3. The Morgan fingerprint density at radius 3 is 2.50 bits per heavy atom. The molecule has 18 heavy (non-hydrogen) atoms. The molecule has 6 heteroatoms. The van der Waals surface area contributed by atoms with E-state index in [9.17, 15) is 18.3 Å². The zero-order valence-electron chi connectivity index (χ0n) is 9.98. The van der Waals surface area contributed by atoms with Crippen molar-refractivity contribution in [3.63, 3.8) is 0 Å². The third kappa shape index (κ3) is 3.35. The quantitative estimate of drug-likeness (QED) is 0.904. The maximum atomic E-state index is 12.5. The summed E-state index contributed by atoms with van der Waals surface area (Å²) < 4.78 is 37.5. The number of hydrogen-bond donors (Lipinski definition) is 1. The van der Waals surface area contributed by atoms with Crippen molar-refractivity contribution in [3.05, 3.63) is 24.0 Å². The minimum absolute atomic E-state index is 0.0363. The molecule has 1 heterocycles. The molecule has 0 radical (unpaired) electrons. The van der Waals surface area contributed by atoms with Crippen LogP contribution in [0.5, 0.6) is 0 Å². The minimum Gasteiger partial charge on any atom is -0.387 e. The Labute approximate surface area is 103 Å². The number of hydrogen-bond acceptors (Lipinski definition) is 3. The molecule has 0 amide bonds. The smallest absolute Gasteiger partial charge is 0.387 e. The van der Waals surface area contributed by atoms with Crippen LogP contribution in [0.4, 0.5) is 18.9 Å². The molecular formula is C12H15F3N2O. The second-order valence-corrected chi connectivity index (χ2v) is 4.59. The summed E-state index contributed by atoms with van der Waals surface area (Å²) in [6.07, 6.45) is -1.96. The van der Waals surface area contributed by atoms with Crippen molar-refractivity contribution in [2.45, 2.75) is 38.1 Å². The lowest BCUT2D eigenvalue weighted by Gasteiger charge is -2.25. The first kappa shape index (κ1) is 13.1. The summed E-state index contributed by atoms with van der Waals surface area (Å²) in [7, 11) is 0. The Kier molecular flexibility index (Phi) is 3.47. The standard InChI is InChI=1S/C12H15F3N2O/c1-8(18)11-5-4-10(6-16-11)17(9-2-3-9)7-12(13,14)15/h4-6,8-9,18H,2-3,7H2,1H3/t8-/m0/s1. The van der Waals surface area contributed by atoms with Crippen LogP contribution in [-0.4, -0.2) is 28.9 Å². The Hall–Kier alpha value is -1.30. The highest BCUT2D eigenvalue weighted by molar-refractivity contribution is 5.47. The summed E-state index contributed by atoms with van der Waals surface area (Å²) in [4.78, 5) is 5.31. The molecule has 1 atom stereocenters. The molecule has 1 N–H and O–H groups in total. The number of halogens is 3. The second-order valence-electron chi connectivity index (χ2n) is 4.59. The normalized spacial score (nSPS) is 17.6. The predicted octanol–water partition coefficient (Wildman–Crippen LogP) is 2.67. The summed E-state index contributed by atoms with van der Waals surface area (Å²) in [5.41, 5.74) is 0.917. The first-order chi connectivity index (χ1) is 8.37. The third-order valence-electron chi connectivity index (χ3n) is 2.87. The van der Waals surface area contributed by atoms with Crippen LogP contribution < -0.4 is 4.90 Å². The Balaban J connectivity index is 2.15. The zero-order chi connectivity index (χ0) is 13.3. The summed E-state index contributed by atoms with van der Waals surface area (Å²) in [6.45, 7) is 0.615. The molecule has 0 aromatic carbocycles. The minimum atomic E-state index is -4.22. The molecule has 1 aliphatic carbocycles. The van der Waals surface area contributed by atoms with Gasteiger partial charge in [0.25, 0.3) is 0 Å². The maximum absolute atomic E-state index is 12.5. The molecule has 0 aliphatic heterocycles. The van der Waals surface area contributed by atoms with Gasteiger partial charge in [0.05, 0.1) is 23.7 Å². The van der Waals surface area contributed by atoms with E-state index in [0.717, 1.165) is 12.8 Å². The van der Waals surface area contributed by atoms with Crippen LogP contribution in [0, 0.1) is 0 Å². The number of anilines is 1. The summed E-state index contributed by atoms with van der Waals surface area (Å²) >= 11 is 0. The molecule has 0 saturated heterocycles. The Morgan fingerprint density at radius 2 is 2.11 bits per heavy atom. The van der Waals surface area contributed by atoms with Gasteiger partial charge in [0.2, 0.25) is 0 Å². The average Bonchev–Trinajstić information content (AvgIpc) is 3.08. The van der Waals surface area contributed by atoms with Crippen LogP contribution in [0.1, 0.15) is 31.6 Å². The monoisotopic (exact) mass is 260 g/mol. The maximum Gasteiger partial charge on any atom is 0.405 e. The third-order valence-corrected chi connectivity index (χ3v) is 2.87. The van der Waals surface area contributed by atoms with Gasteiger partial charge in [-0.1, -0.05) is 0 Å². The van der Waals surface area contributed by atoms with Gasteiger partial charge in [0.1, 0.15) is 6.54 Å². The van der Waals surface area contributed by atoms with Crippen molar-refractivity contribution in [2.24, 2.45) is 0 Å². The summed E-state index contributed by atoms with van der Waals surface area (Å²) in [6, 6.07) is 3.11. The molecule has 3 nitrogen and oxygen atoms in total. The van der Waals surface area contributed by atoms with Gasteiger partial charge in [-0.25, -0.2) is 0 Å². The fraction of sp³-hybridized carbons (Fsp3) is 0.583. The van der Waals surface area contributed by atoms with Gasteiger partial charge >= 0.3 is 6.18 Å². The lowest BCUT2D eigenvalue weighted by atomic mass is 10.2. The van der Waals surface area contributed by atoms with Crippen LogP contribution in [-0.2, 0) is 0 Å². The van der Waals surface area contributed by atoms with Crippen molar-refractivity contribution in [1.29, 1.82) is 0 Å². The number of nitrogens with zero attached hydrogens (tertiary/aromatic N) is 2. The van der Waals surface area contributed by atoms with E-state index in [0.29, 0.717) is 11.4 Å². The molecule has 0 bridgehead atoms. The van der Waals surface area contributed by atoms with E-state index in [1.807, 2.05) is 0 Å². The number of aliphatic hydroxyl groups excluding tert-OH is 1. The van der Waals surface area contributed by atoms with Crippen LogP contribution in [0.25, 0.3) is 0 Å². The molecule has 1 aliphatic rings. The molecule has 2 rings (SSSR count). The number of aromatic nitrogens is 1. The zero-order valence-corrected chi connectivity index (χ0v) is 9.98. The molecule has 0 spiro atoms. The number of pyridine rings is 1. The van der Waals surface area contributed by atoms with Gasteiger partial charge < -0.3 is 10.0 Å². The molecule has 1 fully saturated rings. The highest BCUT2D eigenvalue weighted by Crippen LogP contribution is 2.34. The van der Waals surface area contributed by atoms with Crippen LogP contribution >= 0.6 is 0 Å². The van der Waals surface area contributed by atoms with Crippen LogP contribution in [0.3, 0.4) is 0 Å². The van der Waals surface area contributed by atoms with Gasteiger partial charge in [0.15, 0.2) is 0 Å². The largest absolute Gasteiger partial charge is 0.405 e. The van der Waals surface area contributed by atoms with E-state index in [-0.39, 0.29) is 6.04 Å². The van der Waals surface area contributed by atoms with Crippen molar-refractivity contribution in [3.8, 4) is 0 Å². The molecule has 100 valence electrons. The summed E-state index contributed by atoms with van der Waals surface area (Å²) in [5.74, 6) is 0. The molecule has 1 saturated carbocycles. The van der Waals surface area contributed by atoms with Gasteiger partial charge in [0, 0.05) is 6.04 Å². The van der Waals surface area contributed by atoms with E-state index in [4.69, 9.17) is 0 Å². The van der Waals surface area contributed by atoms with Crippen LogP contribution in [0.2, 0.25) is 0 Å². The highest BCUT2D eigenvalue weighted by atomic mass is 19.4. The average molecular weight is 260 g/mol. The topological polar surface area (TPSA) is 36.4 Å². The number of rotatable bonds is 4. The van der Waals surface area contributed by atoms with Gasteiger partial charge in [-0.15, -0.1) is 0 Å². The SMILES string of the molecule is C[C@H](O)c1ccc(N(CC(F)(F)F)C2CC2)cn1. The predicted molar refractivity (Wildman–Crippen MR) is 61.3 cm³/mol. The van der Waals surface area contributed by atoms with Crippen molar-refractivity contribution in [1.82, 2.24) is 4.98 Å². The van der Waals surface area contributed by atoms with E-state index in [2.05, 4.69) is 4.98 Å². The Bertz CT molecular complexity index is 399. The van der Waals surface area contributed by atoms with E-state index in [1.165, 1.54) is 11.1 Å². The molecule has 1 aromatic heterocycles. The molecule has 1 aromatic rings. The highest BCUT2D eigenvalue weighted by Gasteiger charge is 2.38. The Morgan fingerprint density at radius 1 is 1.44 bits per heavy atom. The van der Waals surface area contributed by atoms with Gasteiger partial charge in [-0.3, -0.25) is 4.98 Å². The fourth-order valence-electron chi connectivity index (χ4n) is 1.83. The molecular weight excluding hydrogens is 245 g/mol. The second kappa shape index (κ2) is 4.76. The van der Waals surface area contributed by atoms with E-state index >= 15 is 0 Å². The van der Waals surface area contributed by atoms with Crippen molar-refractivity contribution < 1.29 is 18.3 Å². The first-order valence-electron chi connectivity index (χ1n) is 5.84. The summed E-state index contributed by atoms with van der Waals surface area (Å²) in [5, 5.41) is 9.31. The van der Waals surface area contributed by atoms with Crippen molar-refractivity contribution >= 4 is 5.69 Å². The van der Waals surface area contributed by atoms with Crippen molar-refractivity contribution in [2.75, 3.05) is 11.4 Å². The lowest BCUT2D eigenvalue weighted by Crippen LogP contribution is -2.36. The van der Waals surface area contributed by atoms with E-state index in [1.54, 1.807) is 19.1 Å². The van der Waals surface area contributed by atoms with E-state index < -0.39 is 18.8 Å². The van der Waals surface area contributed by atoms with Crippen LogP contribution in [0.15, 0.2) is 18.3 Å². The fourth-order valence-corrected chi connectivity index (χ4v) is 1.83. The number of aliphatic hydroxyl groups is 1. The molecule has 0 unspecified atom stereocenters. The van der Waals surface area contributed by atoms with Gasteiger partial charge in [-0.05, 0) is 31.9 Å². The lowest BCUT2D eigenvalue weighted by molar-refractivity contribution is -0.120. The first-order valence-corrected chi connectivity index (χ1v) is 5.84. The van der Waals surface area contributed by atoms with Gasteiger partial charge in [-0.2, -0.15) is 13.2 Å².